The maximum absolute atomic E-state index is 12.2. The van der Waals surface area contributed by atoms with E-state index >= 15 is 0 Å². The lowest BCUT2D eigenvalue weighted by Crippen LogP contribution is -2.53. The van der Waals surface area contributed by atoms with Crippen LogP contribution in [0, 0.1) is 0 Å². The van der Waals surface area contributed by atoms with Gasteiger partial charge in [0.2, 0.25) is 11.8 Å². The van der Waals surface area contributed by atoms with Crippen molar-refractivity contribution in [2.45, 2.75) is 19.9 Å². The first-order chi connectivity index (χ1) is 10.0. The monoisotopic (exact) mass is 305 g/mol. The topological polar surface area (TPSA) is 66.6 Å². The van der Waals surface area contributed by atoms with Gasteiger partial charge in [-0.15, -0.1) is 0 Å². The van der Waals surface area contributed by atoms with Crippen LogP contribution in [0.1, 0.15) is 24.5 Å². The van der Waals surface area contributed by atoms with E-state index in [-0.39, 0.29) is 24.9 Å². The molecule has 0 spiro atoms. The van der Waals surface area contributed by atoms with E-state index in [2.05, 4.69) is 0 Å². The Hall–Kier alpha value is -1.95. The van der Waals surface area contributed by atoms with Crippen LogP contribution in [-0.2, 0) is 16.1 Å². The fourth-order valence-electron chi connectivity index (χ4n) is 2.42. The number of piperazine rings is 1. The van der Waals surface area contributed by atoms with Gasteiger partial charge in [-0.2, -0.15) is 0 Å². The standard InChI is InChI=1S/C15H19N3O2S/c1-2-7-17-9-14(20)18(10-13(17)19)8-11-5-3-4-6-12(11)15(16)21/h3-6H,2,7-10H2,1H3,(H2,16,21). The second-order valence-corrected chi connectivity index (χ2v) is 5.53. The second kappa shape index (κ2) is 6.67. The highest BCUT2D eigenvalue weighted by molar-refractivity contribution is 7.80. The van der Waals surface area contributed by atoms with Crippen LogP contribution in [0.25, 0.3) is 0 Å². The van der Waals surface area contributed by atoms with Crippen molar-refractivity contribution in [2.24, 2.45) is 5.73 Å². The minimum absolute atomic E-state index is 0.00995. The highest BCUT2D eigenvalue weighted by Crippen LogP contribution is 2.15. The molecule has 0 bridgehead atoms. The Morgan fingerprint density at radius 1 is 1.19 bits per heavy atom. The van der Waals surface area contributed by atoms with Crippen molar-refractivity contribution in [1.29, 1.82) is 0 Å². The second-order valence-electron chi connectivity index (χ2n) is 5.09. The van der Waals surface area contributed by atoms with Gasteiger partial charge in [-0.25, -0.2) is 0 Å². The van der Waals surface area contributed by atoms with Crippen LogP contribution in [0.2, 0.25) is 0 Å². The molecule has 1 aromatic rings. The van der Waals surface area contributed by atoms with E-state index in [4.69, 9.17) is 18.0 Å². The number of benzene rings is 1. The molecule has 0 unspecified atom stereocenters. The lowest BCUT2D eigenvalue weighted by Gasteiger charge is -2.34. The van der Waals surface area contributed by atoms with Crippen LogP contribution >= 0.6 is 12.2 Å². The predicted octanol–water partition coefficient (Wildman–Crippen LogP) is 0.902. The van der Waals surface area contributed by atoms with Gasteiger partial charge in [0.25, 0.3) is 0 Å². The minimum Gasteiger partial charge on any atom is -0.389 e. The number of nitrogens with zero attached hydrogens (tertiary/aromatic N) is 2. The molecule has 1 aliphatic rings. The first kappa shape index (κ1) is 15.4. The Kier molecular flexibility index (Phi) is 4.90. The number of thiocarbonyl (C=S) groups is 1. The zero-order valence-corrected chi connectivity index (χ0v) is 12.9. The van der Waals surface area contributed by atoms with E-state index in [1.807, 2.05) is 31.2 Å². The Morgan fingerprint density at radius 2 is 1.81 bits per heavy atom. The van der Waals surface area contributed by atoms with E-state index in [1.165, 1.54) is 0 Å². The first-order valence-corrected chi connectivity index (χ1v) is 7.37. The van der Waals surface area contributed by atoms with Crippen LogP contribution in [-0.4, -0.2) is 46.2 Å². The van der Waals surface area contributed by atoms with E-state index in [0.717, 1.165) is 17.5 Å². The first-order valence-electron chi connectivity index (χ1n) is 6.96. The summed E-state index contributed by atoms with van der Waals surface area (Å²) in [6.07, 6.45) is 0.850. The van der Waals surface area contributed by atoms with Gasteiger partial charge in [-0.05, 0) is 12.0 Å². The molecule has 1 fully saturated rings. The lowest BCUT2D eigenvalue weighted by molar-refractivity contribution is -0.150. The molecule has 5 nitrogen and oxygen atoms in total. The summed E-state index contributed by atoms with van der Waals surface area (Å²) in [5.74, 6) is -0.0509. The van der Waals surface area contributed by atoms with Gasteiger partial charge in [0.05, 0.1) is 6.54 Å². The molecule has 1 aromatic carbocycles. The highest BCUT2D eigenvalue weighted by atomic mass is 32.1. The van der Waals surface area contributed by atoms with Gasteiger partial charge >= 0.3 is 0 Å². The van der Waals surface area contributed by atoms with Gasteiger partial charge in [0.15, 0.2) is 0 Å². The van der Waals surface area contributed by atoms with Crippen LogP contribution < -0.4 is 5.73 Å². The number of amides is 2. The Bertz CT molecular complexity index is 574. The Morgan fingerprint density at radius 3 is 2.48 bits per heavy atom. The lowest BCUT2D eigenvalue weighted by atomic mass is 10.1. The maximum Gasteiger partial charge on any atom is 0.242 e. The van der Waals surface area contributed by atoms with E-state index in [1.54, 1.807) is 9.80 Å². The zero-order valence-electron chi connectivity index (χ0n) is 12.0. The fourth-order valence-corrected chi connectivity index (χ4v) is 2.62. The summed E-state index contributed by atoms with van der Waals surface area (Å²) in [6.45, 7) is 3.24. The third kappa shape index (κ3) is 3.58. The highest BCUT2D eigenvalue weighted by Gasteiger charge is 2.29. The van der Waals surface area contributed by atoms with Crippen LogP contribution in [0.5, 0.6) is 0 Å². The van der Waals surface area contributed by atoms with Crippen LogP contribution in [0.3, 0.4) is 0 Å². The van der Waals surface area contributed by atoms with Crippen molar-refractivity contribution in [1.82, 2.24) is 9.80 Å². The molecule has 21 heavy (non-hydrogen) atoms. The number of nitrogens with two attached hydrogens (primary N) is 1. The van der Waals surface area contributed by atoms with E-state index < -0.39 is 0 Å². The molecule has 0 radical (unpaired) electrons. The smallest absolute Gasteiger partial charge is 0.242 e. The van der Waals surface area contributed by atoms with Gasteiger partial charge in [-0.1, -0.05) is 43.4 Å². The molecule has 0 atom stereocenters. The number of rotatable bonds is 5. The number of hydrogen-bond donors (Lipinski definition) is 1. The van der Waals surface area contributed by atoms with Gasteiger partial charge in [-0.3, -0.25) is 9.59 Å². The molecule has 0 saturated carbocycles. The molecule has 0 aromatic heterocycles. The van der Waals surface area contributed by atoms with Gasteiger partial charge < -0.3 is 15.5 Å². The molecular formula is C15H19N3O2S. The molecule has 2 amide bonds. The molecule has 0 aliphatic carbocycles. The molecule has 112 valence electrons. The summed E-state index contributed by atoms with van der Waals surface area (Å²) in [7, 11) is 0. The van der Waals surface area contributed by atoms with Crippen LogP contribution in [0.15, 0.2) is 24.3 Å². The summed E-state index contributed by atoms with van der Waals surface area (Å²) in [5, 5.41) is 0. The summed E-state index contributed by atoms with van der Waals surface area (Å²) in [6, 6.07) is 7.43. The van der Waals surface area contributed by atoms with Crippen LogP contribution in [0.4, 0.5) is 0 Å². The number of carbonyl (C=O) groups excluding carboxylic acids is 2. The average Bonchev–Trinajstić information content (AvgIpc) is 2.45. The summed E-state index contributed by atoms with van der Waals surface area (Å²) in [5.41, 5.74) is 7.32. The van der Waals surface area contributed by atoms with Gasteiger partial charge in [0, 0.05) is 18.7 Å². The molecule has 1 aliphatic heterocycles. The van der Waals surface area contributed by atoms with Crippen molar-refractivity contribution >= 4 is 29.0 Å². The summed E-state index contributed by atoms with van der Waals surface area (Å²) in [4.78, 5) is 27.7. The average molecular weight is 305 g/mol. The zero-order chi connectivity index (χ0) is 15.4. The third-order valence-electron chi connectivity index (χ3n) is 3.50. The largest absolute Gasteiger partial charge is 0.389 e. The van der Waals surface area contributed by atoms with Crippen molar-refractivity contribution in [3.05, 3.63) is 35.4 Å². The molecule has 1 saturated heterocycles. The predicted molar refractivity (Wildman–Crippen MR) is 84.6 cm³/mol. The van der Waals surface area contributed by atoms with Crippen molar-refractivity contribution in [3.8, 4) is 0 Å². The normalized spacial score (nSPS) is 15.5. The SMILES string of the molecule is CCCN1CC(=O)N(Cc2ccccc2C(N)=S)CC1=O. The summed E-state index contributed by atoms with van der Waals surface area (Å²) >= 11 is 5.02. The molecular weight excluding hydrogens is 286 g/mol. The van der Waals surface area contributed by atoms with E-state index in [0.29, 0.717) is 18.1 Å². The molecule has 2 rings (SSSR count). The fraction of sp³-hybridized carbons (Fsp3) is 0.400. The third-order valence-corrected chi connectivity index (χ3v) is 3.72. The Balaban J connectivity index is 2.12. The number of hydrogen-bond acceptors (Lipinski definition) is 3. The van der Waals surface area contributed by atoms with E-state index in [9.17, 15) is 9.59 Å². The minimum atomic E-state index is -0.0409. The number of carbonyl (C=O) groups is 2. The van der Waals surface area contributed by atoms with Gasteiger partial charge in [0.1, 0.15) is 11.5 Å². The Labute approximate surface area is 129 Å². The van der Waals surface area contributed by atoms with Crippen molar-refractivity contribution in [2.75, 3.05) is 19.6 Å². The summed E-state index contributed by atoms with van der Waals surface area (Å²) < 4.78 is 0. The quantitative estimate of drug-likeness (QED) is 0.821. The molecule has 6 heteroatoms. The molecule has 1 heterocycles. The van der Waals surface area contributed by atoms with Crippen molar-refractivity contribution < 1.29 is 9.59 Å². The van der Waals surface area contributed by atoms with Crippen molar-refractivity contribution in [3.63, 3.8) is 0 Å². The maximum atomic E-state index is 12.2. The molecule has 2 N–H and O–H groups in total.